The van der Waals surface area contributed by atoms with Crippen LogP contribution in [0.1, 0.15) is 11.4 Å². The molecule has 0 aliphatic carbocycles. The average Bonchev–Trinajstić information content (AvgIpc) is 3.40. The van der Waals surface area contributed by atoms with Gasteiger partial charge >= 0.3 is 55.4 Å². The summed E-state index contributed by atoms with van der Waals surface area (Å²) in [6, 6.07) is 15.5. The second-order valence-corrected chi connectivity index (χ2v) is 10.00. The SMILES string of the molecule is ClC1CN=Cc2ccc([n-]2)-c2nc3ccccc3nc2-c2ccc([n-]2)C=NC1.F[P-](F)(F)(F)(F)F.[Au+3]. The minimum atomic E-state index is -10.7. The number of fused-ring (bicyclic) bond motifs is 8. The minimum absolute atomic E-state index is 0. The Morgan fingerprint density at radius 2 is 1.08 bits per heavy atom. The molecule has 36 heavy (non-hydrogen) atoms. The molecule has 3 aromatic heterocycles. The third-order valence-corrected chi connectivity index (χ3v) is 4.71. The Bertz CT molecular complexity index is 1330. The molecule has 0 spiro atoms. The maximum atomic E-state index is 9.87. The van der Waals surface area contributed by atoms with Crippen molar-refractivity contribution >= 4 is 42.9 Å². The first-order chi connectivity index (χ1) is 16.2. The van der Waals surface area contributed by atoms with Crippen LogP contribution in [0.15, 0.2) is 58.5 Å². The van der Waals surface area contributed by atoms with Gasteiger partial charge in [0.05, 0.1) is 40.9 Å². The number of para-hydroxylation sites is 2. The topological polar surface area (TPSA) is 78.7 Å². The summed E-state index contributed by atoms with van der Waals surface area (Å²) >= 11 is 6.28. The minimum Gasteiger partial charge on any atom is 3.00 e. The van der Waals surface area contributed by atoms with Crippen LogP contribution in [-0.2, 0) is 22.4 Å². The predicted octanol–water partition coefficient (Wildman–Crippen LogP) is 6.72. The maximum Gasteiger partial charge on any atom is 3.00 e. The molecule has 1 aromatic carbocycles. The van der Waals surface area contributed by atoms with E-state index in [1.54, 1.807) is 12.4 Å². The van der Waals surface area contributed by atoms with Crippen molar-refractivity contribution in [3.05, 3.63) is 59.9 Å². The Kier molecular flexibility index (Phi) is 7.61. The maximum absolute atomic E-state index is 10.7. The van der Waals surface area contributed by atoms with Gasteiger partial charge in [-0.25, -0.2) is 9.97 Å². The normalized spacial score (nSPS) is 17.4. The van der Waals surface area contributed by atoms with Gasteiger partial charge in [0.15, 0.2) is 0 Å². The molecule has 1 aliphatic rings. The van der Waals surface area contributed by atoms with E-state index in [2.05, 4.69) is 20.0 Å². The quantitative estimate of drug-likeness (QED) is 0.0873. The van der Waals surface area contributed by atoms with Crippen LogP contribution in [0, 0.1) is 0 Å². The zero-order valence-electron chi connectivity index (χ0n) is 17.8. The monoisotopic (exact) mass is 728 g/mol. The molecule has 0 amide bonds. The van der Waals surface area contributed by atoms with Gasteiger partial charge in [0, 0.05) is 12.4 Å². The molecule has 0 radical (unpaired) electrons. The number of hydrogen-bond donors (Lipinski definition) is 0. The fraction of sp³-hybridized carbons (Fsp3) is 0.143. The van der Waals surface area contributed by atoms with Gasteiger partial charge < -0.3 is 9.97 Å². The van der Waals surface area contributed by atoms with Gasteiger partial charge in [-0.3, -0.25) is 9.98 Å². The van der Waals surface area contributed by atoms with Crippen molar-refractivity contribution in [3.63, 3.8) is 0 Å². The number of halogens is 7. The summed E-state index contributed by atoms with van der Waals surface area (Å²) in [7, 11) is -10.7. The standard InChI is InChI=1S/C21H15ClN6.Au.F6P/c22-13-9-23-11-14-5-7-18(25-14)20-21(19-8-6-15(26-19)12-24-10-13)28-17-4-2-1-3-16(17)27-20;;1-7(2,3,4,5)6/h1-8,11-13H,9-10H2;;/q-2;+3;-1. The van der Waals surface area contributed by atoms with Crippen LogP contribution in [0.2, 0.25) is 0 Å². The average molecular weight is 729 g/mol. The van der Waals surface area contributed by atoms with Crippen LogP contribution in [0.5, 0.6) is 0 Å². The van der Waals surface area contributed by atoms with Crippen LogP contribution in [0.25, 0.3) is 33.8 Å². The molecule has 0 unspecified atom stereocenters. The van der Waals surface area contributed by atoms with E-state index >= 15 is 0 Å². The van der Waals surface area contributed by atoms with Gasteiger partial charge in [-0.1, -0.05) is 36.4 Å². The van der Waals surface area contributed by atoms with Gasteiger partial charge in [-0.15, -0.1) is 34.4 Å². The molecule has 0 saturated heterocycles. The fourth-order valence-corrected chi connectivity index (χ4v) is 3.26. The molecule has 6 nitrogen and oxygen atoms in total. The zero-order valence-corrected chi connectivity index (χ0v) is 21.7. The summed E-state index contributed by atoms with van der Waals surface area (Å²) in [5.74, 6) is 0. The number of alkyl halides is 1. The van der Waals surface area contributed by atoms with E-state index in [-0.39, 0.29) is 27.8 Å². The van der Waals surface area contributed by atoms with Crippen molar-refractivity contribution in [1.82, 2.24) is 19.9 Å². The van der Waals surface area contributed by atoms with Crippen LogP contribution >= 0.6 is 19.4 Å². The molecule has 0 fully saturated rings. The van der Waals surface area contributed by atoms with Crippen LogP contribution < -0.4 is 9.97 Å². The second kappa shape index (κ2) is 9.75. The summed E-state index contributed by atoms with van der Waals surface area (Å²) in [6.45, 7) is 0.948. The first-order valence-corrected chi connectivity index (χ1v) is 12.4. The summed E-state index contributed by atoms with van der Waals surface area (Å²) in [4.78, 5) is 27.8. The van der Waals surface area contributed by atoms with E-state index in [4.69, 9.17) is 21.6 Å². The van der Waals surface area contributed by atoms with Gasteiger partial charge in [0.1, 0.15) is 0 Å². The third-order valence-electron chi connectivity index (χ3n) is 4.43. The smallest absolute Gasteiger partial charge is 3.00 e. The van der Waals surface area contributed by atoms with Crippen molar-refractivity contribution in [3.8, 4) is 22.8 Å². The van der Waals surface area contributed by atoms with E-state index in [0.29, 0.717) is 24.5 Å². The Hall–Kier alpha value is -2.50. The molecule has 0 atom stereocenters. The Morgan fingerprint density at radius 3 is 1.47 bits per heavy atom. The molecule has 5 rings (SSSR count). The molecule has 4 bridgehead atoms. The van der Waals surface area contributed by atoms with E-state index in [1.165, 1.54) is 0 Å². The molecular weight excluding hydrogens is 714 g/mol. The number of aromatic nitrogens is 4. The molecule has 0 N–H and O–H groups in total. The number of benzene rings is 1. The zero-order chi connectivity index (χ0) is 25.3. The van der Waals surface area contributed by atoms with E-state index in [9.17, 15) is 25.2 Å². The van der Waals surface area contributed by atoms with Crippen LogP contribution in [0.3, 0.4) is 0 Å². The van der Waals surface area contributed by atoms with Gasteiger partial charge in [-0.05, 0) is 12.1 Å². The van der Waals surface area contributed by atoms with Crippen molar-refractivity contribution < 1.29 is 47.6 Å². The van der Waals surface area contributed by atoms with Crippen molar-refractivity contribution in [2.24, 2.45) is 9.98 Å². The van der Waals surface area contributed by atoms with E-state index in [0.717, 1.165) is 33.8 Å². The molecule has 4 aromatic rings. The molecule has 4 heterocycles. The number of rotatable bonds is 0. The van der Waals surface area contributed by atoms with E-state index in [1.807, 2.05) is 48.5 Å². The van der Waals surface area contributed by atoms with Gasteiger partial charge in [-0.2, -0.15) is 0 Å². The first kappa shape index (κ1) is 28.1. The number of aliphatic imine (C=N–C) groups is 2. The van der Waals surface area contributed by atoms with Crippen LogP contribution in [-0.4, -0.2) is 40.9 Å². The van der Waals surface area contributed by atoms with Crippen molar-refractivity contribution in [2.75, 3.05) is 13.1 Å². The summed E-state index contributed by atoms with van der Waals surface area (Å²) < 4.78 is 59.2. The van der Waals surface area contributed by atoms with Crippen molar-refractivity contribution in [1.29, 1.82) is 0 Å². The molecule has 15 heteroatoms. The van der Waals surface area contributed by atoms with Crippen molar-refractivity contribution in [2.45, 2.75) is 5.38 Å². The van der Waals surface area contributed by atoms with Gasteiger partial charge in [0.25, 0.3) is 0 Å². The third kappa shape index (κ3) is 8.56. The molecular formula is C21H15AuClF6N6P. The van der Waals surface area contributed by atoms with E-state index < -0.39 is 7.81 Å². The Labute approximate surface area is 221 Å². The van der Waals surface area contributed by atoms with Crippen LogP contribution in [0.4, 0.5) is 25.2 Å². The fourth-order valence-electron chi connectivity index (χ4n) is 3.10. The molecule has 194 valence electrons. The Morgan fingerprint density at radius 1 is 0.694 bits per heavy atom. The largest absolute Gasteiger partial charge is 3.00 e. The Balaban J connectivity index is 0.000000400. The summed E-state index contributed by atoms with van der Waals surface area (Å²) in [5, 5.41) is -0.174. The molecule has 1 aliphatic heterocycles. The summed E-state index contributed by atoms with van der Waals surface area (Å²) in [5.41, 5.74) is 6.03. The number of nitrogens with zero attached hydrogens (tertiary/aromatic N) is 6. The molecule has 0 saturated carbocycles. The predicted molar refractivity (Wildman–Crippen MR) is 125 cm³/mol. The van der Waals surface area contributed by atoms with Gasteiger partial charge in [0.2, 0.25) is 0 Å². The first-order valence-electron chi connectivity index (χ1n) is 9.96. The number of hydrogen-bond acceptors (Lipinski definition) is 4. The summed E-state index contributed by atoms with van der Waals surface area (Å²) in [6.07, 6.45) is 3.46. The second-order valence-electron chi connectivity index (χ2n) is 7.46.